The molecule has 0 spiro atoms. The zero-order chi connectivity index (χ0) is 14.3. The third-order valence-electron chi connectivity index (χ3n) is 3.78. The summed E-state index contributed by atoms with van der Waals surface area (Å²) in [6.07, 6.45) is 0.954. The smallest absolute Gasteiger partial charge is 0.240 e. The van der Waals surface area contributed by atoms with Crippen molar-refractivity contribution >= 4 is 31.6 Å². The molecule has 7 heteroatoms. The van der Waals surface area contributed by atoms with Gasteiger partial charge in [0.1, 0.15) is 0 Å². The number of benzene rings is 1. The van der Waals surface area contributed by atoms with E-state index in [0.717, 1.165) is 12.0 Å². The summed E-state index contributed by atoms with van der Waals surface area (Å²) in [6, 6.07) is 6.64. The van der Waals surface area contributed by atoms with Gasteiger partial charge >= 0.3 is 0 Å². The highest BCUT2D eigenvalue weighted by molar-refractivity contribution is 8.77. The quantitative estimate of drug-likeness (QED) is 0.829. The molecular formula is C13H17NO3S3. The first-order valence-electron chi connectivity index (χ1n) is 6.55. The lowest BCUT2D eigenvalue weighted by molar-refractivity contribution is 0.128. The van der Waals surface area contributed by atoms with E-state index in [4.69, 9.17) is 0 Å². The zero-order valence-electron chi connectivity index (χ0n) is 11.0. The Morgan fingerprint density at radius 3 is 2.50 bits per heavy atom. The van der Waals surface area contributed by atoms with E-state index in [1.54, 1.807) is 45.9 Å². The second-order valence-corrected chi connectivity index (χ2v) is 9.81. The molecule has 1 aliphatic heterocycles. The van der Waals surface area contributed by atoms with E-state index in [2.05, 4.69) is 4.72 Å². The molecule has 3 rings (SSSR count). The fraction of sp³-hybridized carbons (Fsp3) is 0.538. The summed E-state index contributed by atoms with van der Waals surface area (Å²) in [5, 5.41) is 10.5. The van der Waals surface area contributed by atoms with Gasteiger partial charge in [0.25, 0.3) is 0 Å². The number of hydrogen-bond acceptors (Lipinski definition) is 5. The Labute approximate surface area is 127 Å². The first-order valence-corrected chi connectivity index (χ1v) is 10.3. The Morgan fingerprint density at radius 1 is 1.15 bits per heavy atom. The second kappa shape index (κ2) is 5.53. The van der Waals surface area contributed by atoms with Crippen LogP contribution in [0.3, 0.4) is 0 Å². The van der Waals surface area contributed by atoms with E-state index in [9.17, 15) is 13.5 Å². The second-order valence-electron chi connectivity index (χ2n) is 5.35. The molecule has 1 aliphatic carbocycles. The number of hydrogen-bond donors (Lipinski definition) is 2. The van der Waals surface area contributed by atoms with Gasteiger partial charge in [0.15, 0.2) is 0 Å². The van der Waals surface area contributed by atoms with E-state index in [1.807, 2.05) is 6.92 Å². The molecule has 2 bridgehead atoms. The Bertz CT molecular complexity index is 587. The predicted octanol–water partition coefficient (Wildman–Crippen LogP) is 1.93. The van der Waals surface area contributed by atoms with Crippen molar-refractivity contribution in [2.75, 3.05) is 0 Å². The molecule has 2 aliphatic rings. The summed E-state index contributed by atoms with van der Waals surface area (Å²) >= 11 is 0. The zero-order valence-corrected chi connectivity index (χ0v) is 13.5. The van der Waals surface area contributed by atoms with Crippen molar-refractivity contribution in [3.63, 3.8) is 0 Å². The lowest BCUT2D eigenvalue weighted by atomic mass is 9.93. The molecule has 0 radical (unpaired) electrons. The Kier molecular flexibility index (Phi) is 4.07. The highest BCUT2D eigenvalue weighted by atomic mass is 33.1. The molecule has 1 aromatic rings. The Balaban J connectivity index is 1.78. The molecule has 0 aromatic heterocycles. The van der Waals surface area contributed by atoms with E-state index in [0.29, 0.717) is 6.42 Å². The van der Waals surface area contributed by atoms with Crippen LogP contribution in [-0.2, 0) is 10.0 Å². The van der Waals surface area contributed by atoms with Gasteiger partial charge in [0.05, 0.1) is 11.0 Å². The molecule has 1 aromatic carbocycles. The minimum absolute atomic E-state index is 0.187. The summed E-state index contributed by atoms with van der Waals surface area (Å²) in [5.41, 5.74) is 1.03. The molecule has 0 unspecified atom stereocenters. The van der Waals surface area contributed by atoms with Crippen molar-refractivity contribution in [2.45, 2.75) is 47.3 Å². The lowest BCUT2D eigenvalue weighted by Crippen LogP contribution is -2.48. The van der Waals surface area contributed by atoms with E-state index in [1.165, 1.54) is 0 Å². The van der Waals surface area contributed by atoms with Gasteiger partial charge in [-0.05, 0) is 31.9 Å². The van der Waals surface area contributed by atoms with Crippen LogP contribution in [0.15, 0.2) is 29.2 Å². The number of sulfonamides is 1. The molecule has 1 saturated heterocycles. The summed E-state index contributed by atoms with van der Waals surface area (Å²) in [4.78, 5) is 0.287. The van der Waals surface area contributed by atoms with Crippen LogP contribution in [0.1, 0.15) is 18.4 Å². The minimum Gasteiger partial charge on any atom is -0.392 e. The van der Waals surface area contributed by atoms with Gasteiger partial charge in [-0.1, -0.05) is 39.3 Å². The topological polar surface area (TPSA) is 66.4 Å². The van der Waals surface area contributed by atoms with Gasteiger partial charge in [0.2, 0.25) is 10.0 Å². The van der Waals surface area contributed by atoms with E-state index >= 15 is 0 Å². The van der Waals surface area contributed by atoms with Gasteiger partial charge in [-0.15, -0.1) is 0 Å². The molecule has 2 fully saturated rings. The normalized spacial score (nSPS) is 33.3. The number of aliphatic hydroxyl groups is 1. The number of aryl methyl sites for hydroxylation is 1. The van der Waals surface area contributed by atoms with Gasteiger partial charge < -0.3 is 5.11 Å². The summed E-state index contributed by atoms with van der Waals surface area (Å²) in [5.74, 6) is 0. The van der Waals surface area contributed by atoms with Crippen molar-refractivity contribution in [2.24, 2.45) is 0 Å². The molecule has 1 heterocycles. The maximum absolute atomic E-state index is 12.4. The van der Waals surface area contributed by atoms with Crippen molar-refractivity contribution in [1.29, 1.82) is 0 Å². The van der Waals surface area contributed by atoms with Crippen LogP contribution in [0, 0.1) is 6.92 Å². The predicted molar refractivity (Wildman–Crippen MR) is 83.3 cm³/mol. The lowest BCUT2D eigenvalue weighted by Gasteiger charge is -2.31. The van der Waals surface area contributed by atoms with Gasteiger partial charge in [-0.25, -0.2) is 13.1 Å². The summed E-state index contributed by atoms with van der Waals surface area (Å²) in [7, 11) is -0.135. The standard InChI is InChI=1S/C13H17NO3S3/c1-8-2-4-9(5-3-8)20(16,17)14-10-6-11(15)13-7-12(10)18-19-13/h2-5,10-15H,6-7H2,1H3/t10-,11+,12-,13+/m0/s1. The van der Waals surface area contributed by atoms with Crippen molar-refractivity contribution in [1.82, 2.24) is 4.72 Å². The highest BCUT2D eigenvalue weighted by Gasteiger charge is 2.44. The number of rotatable bonds is 3. The summed E-state index contributed by atoms with van der Waals surface area (Å²) in [6.45, 7) is 1.92. The Hall–Kier alpha value is -0.210. The van der Waals surface area contributed by atoms with Crippen LogP contribution in [0.5, 0.6) is 0 Å². The van der Waals surface area contributed by atoms with Crippen molar-refractivity contribution in [3.05, 3.63) is 29.8 Å². The van der Waals surface area contributed by atoms with Gasteiger partial charge in [-0.2, -0.15) is 0 Å². The average molecular weight is 331 g/mol. The molecule has 0 amide bonds. The fourth-order valence-electron chi connectivity index (χ4n) is 2.58. The van der Waals surface area contributed by atoms with Crippen LogP contribution in [-0.4, -0.2) is 36.2 Å². The van der Waals surface area contributed by atoms with Crippen molar-refractivity contribution in [3.8, 4) is 0 Å². The van der Waals surface area contributed by atoms with Crippen molar-refractivity contribution < 1.29 is 13.5 Å². The number of aliphatic hydroxyl groups excluding tert-OH is 1. The molecule has 110 valence electrons. The maximum Gasteiger partial charge on any atom is 0.240 e. The van der Waals surface area contributed by atoms with Crippen LogP contribution >= 0.6 is 21.6 Å². The van der Waals surface area contributed by atoms with E-state index < -0.39 is 16.1 Å². The molecular weight excluding hydrogens is 314 g/mol. The summed E-state index contributed by atoms with van der Waals surface area (Å²) < 4.78 is 27.5. The molecule has 2 N–H and O–H groups in total. The molecule has 1 saturated carbocycles. The van der Waals surface area contributed by atoms with Crippen LogP contribution in [0.25, 0.3) is 0 Å². The van der Waals surface area contributed by atoms with Gasteiger partial charge in [-0.3, -0.25) is 0 Å². The fourth-order valence-corrected chi connectivity index (χ4v) is 7.60. The SMILES string of the molecule is Cc1ccc(S(=O)(=O)N[C@H]2C[C@@H](O)[C@H]3C[C@@H]2SS3)cc1. The van der Waals surface area contributed by atoms with E-state index in [-0.39, 0.29) is 21.4 Å². The Morgan fingerprint density at radius 2 is 1.80 bits per heavy atom. The van der Waals surface area contributed by atoms with Crippen LogP contribution in [0.2, 0.25) is 0 Å². The highest BCUT2D eigenvalue weighted by Crippen LogP contribution is 2.50. The first kappa shape index (κ1) is 14.7. The maximum atomic E-state index is 12.4. The number of nitrogens with one attached hydrogen (secondary N) is 1. The monoisotopic (exact) mass is 331 g/mol. The number of fused-ring (bicyclic) bond motifs is 2. The minimum atomic E-state index is -3.51. The largest absolute Gasteiger partial charge is 0.392 e. The first-order chi connectivity index (χ1) is 9.45. The third kappa shape index (κ3) is 2.87. The van der Waals surface area contributed by atoms with Crippen LogP contribution < -0.4 is 4.72 Å². The van der Waals surface area contributed by atoms with Crippen LogP contribution in [0.4, 0.5) is 0 Å². The molecule has 4 atom stereocenters. The molecule has 4 nitrogen and oxygen atoms in total. The molecule has 20 heavy (non-hydrogen) atoms. The third-order valence-corrected chi connectivity index (χ3v) is 8.73. The van der Waals surface area contributed by atoms with Gasteiger partial charge in [0, 0.05) is 16.5 Å². The average Bonchev–Trinajstić information content (AvgIpc) is 2.82.